The Morgan fingerprint density at radius 2 is 2.39 bits per heavy atom. The van der Waals surface area contributed by atoms with Crippen molar-refractivity contribution in [3.8, 4) is 11.8 Å². The van der Waals surface area contributed by atoms with Crippen molar-refractivity contribution in [2.45, 2.75) is 25.8 Å². The van der Waals surface area contributed by atoms with E-state index in [0.717, 1.165) is 12.8 Å². The van der Waals surface area contributed by atoms with Crippen molar-refractivity contribution in [1.82, 2.24) is 9.88 Å². The van der Waals surface area contributed by atoms with Crippen molar-refractivity contribution in [3.63, 3.8) is 0 Å². The average molecular weight is 244 g/mol. The van der Waals surface area contributed by atoms with Gasteiger partial charge in [0.05, 0.1) is 5.56 Å². The third kappa shape index (κ3) is 2.69. The fourth-order valence-corrected chi connectivity index (χ4v) is 1.90. The summed E-state index contributed by atoms with van der Waals surface area (Å²) in [5.74, 6) is 5.26. The molecule has 1 amide bonds. The Bertz CT molecular complexity index is 498. The zero-order valence-corrected chi connectivity index (χ0v) is 10.4. The molecule has 0 atom stereocenters. The van der Waals surface area contributed by atoms with Gasteiger partial charge in [0.25, 0.3) is 5.91 Å². The van der Waals surface area contributed by atoms with Crippen molar-refractivity contribution >= 4 is 5.91 Å². The topological polar surface area (TPSA) is 53.4 Å². The molecule has 1 heterocycles. The molecule has 1 fully saturated rings. The number of rotatable bonds is 3. The lowest BCUT2D eigenvalue weighted by Gasteiger charge is -2.20. The van der Waals surface area contributed by atoms with Gasteiger partial charge < -0.3 is 10.0 Å². The van der Waals surface area contributed by atoms with Gasteiger partial charge in [0.2, 0.25) is 0 Å². The zero-order chi connectivity index (χ0) is 13.0. The maximum atomic E-state index is 12.4. The lowest BCUT2D eigenvalue weighted by molar-refractivity contribution is 0.0746. The molecule has 1 aliphatic carbocycles. The molecule has 4 heteroatoms. The highest BCUT2D eigenvalue weighted by atomic mass is 16.2. The van der Waals surface area contributed by atoms with Crippen molar-refractivity contribution in [2.75, 3.05) is 13.2 Å². The molecule has 0 radical (unpaired) electrons. The van der Waals surface area contributed by atoms with Gasteiger partial charge in [-0.25, -0.2) is 4.98 Å². The fourth-order valence-electron chi connectivity index (χ4n) is 1.90. The number of aliphatic hydroxyl groups excluding tert-OH is 1. The average Bonchev–Trinajstić information content (AvgIpc) is 3.22. The molecule has 1 aliphatic rings. The van der Waals surface area contributed by atoms with Gasteiger partial charge in [-0.1, -0.05) is 11.8 Å². The van der Waals surface area contributed by atoms with Gasteiger partial charge in [-0.3, -0.25) is 4.79 Å². The lowest BCUT2D eigenvalue weighted by atomic mass is 10.1. The molecule has 0 bridgehead atoms. The maximum absolute atomic E-state index is 12.4. The van der Waals surface area contributed by atoms with Crippen molar-refractivity contribution in [3.05, 3.63) is 29.6 Å². The van der Waals surface area contributed by atoms with Crippen LogP contribution in [0.25, 0.3) is 0 Å². The highest BCUT2D eigenvalue weighted by molar-refractivity contribution is 5.95. The van der Waals surface area contributed by atoms with Gasteiger partial charge in [-0.15, -0.1) is 0 Å². The maximum Gasteiger partial charge on any atom is 0.273 e. The number of amides is 1. The summed E-state index contributed by atoms with van der Waals surface area (Å²) in [5, 5.41) is 8.72. The van der Waals surface area contributed by atoms with E-state index in [1.165, 1.54) is 0 Å². The highest BCUT2D eigenvalue weighted by Gasteiger charge is 2.33. The van der Waals surface area contributed by atoms with Crippen LogP contribution in [0.15, 0.2) is 18.3 Å². The molecule has 0 spiro atoms. The van der Waals surface area contributed by atoms with Crippen LogP contribution in [0.5, 0.6) is 0 Å². The molecule has 0 unspecified atom stereocenters. The van der Waals surface area contributed by atoms with Crippen molar-refractivity contribution in [1.29, 1.82) is 0 Å². The minimum atomic E-state index is -0.220. The minimum absolute atomic E-state index is 0.0668. The minimum Gasteiger partial charge on any atom is -0.384 e. The molecular formula is C14H16N2O2. The van der Waals surface area contributed by atoms with Crippen LogP contribution >= 0.6 is 0 Å². The lowest BCUT2D eigenvalue weighted by Crippen LogP contribution is -2.33. The summed E-state index contributed by atoms with van der Waals surface area (Å²) in [6.07, 6.45) is 3.74. The first-order valence-corrected chi connectivity index (χ1v) is 6.13. The Hall–Kier alpha value is -1.86. The van der Waals surface area contributed by atoms with E-state index in [0.29, 0.717) is 23.8 Å². The molecule has 0 aliphatic heterocycles. The Morgan fingerprint density at radius 1 is 1.61 bits per heavy atom. The summed E-state index contributed by atoms with van der Waals surface area (Å²) in [4.78, 5) is 18.3. The van der Waals surface area contributed by atoms with Crippen LogP contribution in [0.3, 0.4) is 0 Å². The summed E-state index contributed by atoms with van der Waals surface area (Å²) in [6, 6.07) is 3.86. The standard InChI is InChI=1S/C14H16N2O2/c1-2-16(12-7-8-12)14(18)13-11(6-4-10-17)5-3-9-15-13/h3,5,9,12,17H,2,7-8,10H2,1H3. The quantitative estimate of drug-likeness (QED) is 0.809. The van der Waals surface area contributed by atoms with Gasteiger partial charge >= 0.3 is 0 Å². The Kier molecular flexibility index (Phi) is 3.96. The van der Waals surface area contributed by atoms with E-state index in [-0.39, 0.29) is 12.5 Å². The fraction of sp³-hybridized carbons (Fsp3) is 0.429. The van der Waals surface area contributed by atoms with E-state index in [1.54, 1.807) is 18.3 Å². The SMILES string of the molecule is CCN(C(=O)c1ncccc1C#CCO)C1CC1. The molecule has 1 aromatic rings. The van der Waals surface area contributed by atoms with E-state index in [4.69, 9.17) is 5.11 Å². The summed E-state index contributed by atoms with van der Waals surface area (Å²) in [5.41, 5.74) is 0.961. The third-order valence-electron chi connectivity index (χ3n) is 2.90. The predicted octanol–water partition coefficient (Wildman–Crippen LogP) is 1.05. The van der Waals surface area contributed by atoms with Crippen LogP contribution < -0.4 is 0 Å². The van der Waals surface area contributed by atoms with Gasteiger partial charge in [-0.05, 0) is 31.9 Å². The zero-order valence-electron chi connectivity index (χ0n) is 10.4. The number of aliphatic hydroxyl groups is 1. The summed E-state index contributed by atoms with van der Waals surface area (Å²) >= 11 is 0. The first-order chi connectivity index (χ1) is 8.77. The van der Waals surface area contributed by atoms with E-state index in [2.05, 4.69) is 16.8 Å². The second kappa shape index (κ2) is 5.65. The van der Waals surface area contributed by atoms with Crippen LogP contribution in [-0.2, 0) is 0 Å². The van der Waals surface area contributed by atoms with Crippen molar-refractivity contribution in [2.24, 2.45) is 0 Å². The molecule has 2 rings (SSSR count). The Labute approximate surface area is 107 Å². The molecule has 94 valence electrons. The first kappa shape index (κ1) is 12.6. The molecule has 1 saturated carbocycles. The van der Waals surface area contributed by atoms with E-state index >= 15 is 0 Å². The molecule has 1 aromatic heterocycles. The molecule has 18 heavy (non-hydrogen) atoms. The third-order valence-corrected chi connectivity index (χ3v) is 2.90. The Morgan fingerprint density at radius 3 is 3.00 bits per heavy atom. The number of aromatic nitrogens is 1. The van der Waals surface area contributed by atoms with E-state index < -0.39 is 0 Å². The molecule has 4 nitrogen and oxygen atoms in total. The van der Waals surface area contributed by atoms with Gasteiger partial charge in [0.15, 0.2) is 0 Å². The van der Waals surface area contributed by atoms with E-state index in [1.807, 2.05) is 11.8 Å². The molecule has 0 saturated heterocycles. The molecule has 1 N–H and O–H groups in total. The summed E-state index contributed by atoms with van der Waals surface area (Å²) in [6.45, 7) is 2.44. The number of carbonyl (C=O) groups is 1. The smallest absolute Gasteiger partial charge is 0.273 e. The molecule has 0 aromatic carbocycles. The number of hydrogen-bond acceptors (Lipinski definition) is 3. The number of pyridine rings is 1. The molecular weight excluding hydrogens is 228 g/mol. The first-order valence-electron chi connectivity index (χ1n) is 6.13. The normalized spacial score (nSPS) is 13.7. The van der Waals surface area contributed by atoms with Gasteiger partial charge in [-0.2, -0.15) is 0 Å². The van der Waals surface area contributed by atoms with Crippen LogP contribution in [0.1, 0.15) is 35.8 Å². The van der Waals surface area contributed by atoms with Crippen LogP contribution in [0, 0.1) is 11.8 Å². The Balaban J connectivity index is 2.28. The summed E-state index contributed by atoms with van der Waals surface area (Å²) < 4.78 is 0. The van der Waals surface area contributed by atoms with Gasteiger partial charge in [0, 0.05) is 18.8 Å². The number of carbonyl (C=O) groups excluding carboxylic acids is 1. The number of nitrogens with zero attached hydrogens (tertiary/aromatic N) is 2. The largest absolute Gasteiger partial charge is 0.384 e. The second-order valence-corrected chi connectivity index (χ2v) is 4.18. The predicted molar refractivity (Wildman–Crippen MR) is 67.9 cm³/mol. The van der Waals surface area contributed by atoms with Gasteiger partial charge in [0.1, 0.15) is 12.3 Å². The number of hydrogen-bond donors (Lipinski definition) is 1. The van der Waals surface area contributed by atoms with Crippen molar-refractivity contribution < 1.29 is 9.90 Å². The van der Waals surface area contributed by atoms with Crippen LogP contribution in [0.4, 0.5) is 0 Å². The monoisotopic (exact) mass is 244 g/mol. The highest BCUT2D eigenvalue weighted by Crippen LogP contribution is 2.28. The van der Waals surface area contributed by atoms with Crippen LogP contribution in [-0.4, -0.2) is 40.1 Å². The van der Waals surface area contributed by atoms with Crippen LogP contribution in [0.2, 0.25) is 0 Å². The summed E-state index contributed by atoms with van der Waals surface area (Å²) in [7, 11) is 0. The second-order valence-electron chi connectivity index (χ2n) is 4.18. The van der Waals surface area contributed by atoms with E-state index in [9.17, 15) is 4.79 Å².